The fourth-order valence-corrected chi connectivity index (χ4v) is 4.18. The molecule has 0 aliphatic heterocycles. The first-order chi connectivity index (χ1) is 17.9. The van der Waals surface area contributed by atoms with Crippen LogP contribution in [-0.4, -0.2) is 29.6 Å². The zero-order valence-electron chi connectivity index (χ0n) is 23.1. The smallest absolute Gasteiger partial charge is 0.293 e. The number of anilines is 4. The SMILES string of the molecule is Cc1c(NC(=O)c2ccc(C(C)(C)C)cc2)cccc1-c1cn(C)c(=O)c(Nc2cccc(N(C)C)c2)n1. The van der Waals surface area contributed by atoms with Crippen molar-refractivity contribution in [3.63, 3.8) is 0 Å². The average Bonchev–Trinajstić information content (AvgIpc) is 2.87. The van der Waals surface area contributed by atoms with Crippen molar-refractivity contribution in [1.82, 2.24) is 9.55 Å². The third-order valence-electron chi connectivity index (χ3n) is 6.57. The highest BCUT2D eigenvalue weighted by atomic mass is 16.1. The minimum Gasteiger partial charge on any atom is -0.378 e. The van der Waals surface area contributed by atoms with Gasteiger partial charge in [-0.05, 0) is 59.9 Å². The molecule has 0 spiro atoms. The van der Waals surface area contributed by atoms with Crippen LogP contribution in [0.2, 0.25) is 0 Å². The fourth-order valence-electron chi connectivity index (χ4n) is 4.18. The maximum absolute atomic E-state index is 13.0. The Balaban J connectivity index is 1.63. The van der Waals surface area contributed by atoms with Gasteiger partial charge in [0, 0.05) is 55.5 Å². The molecule has 38 heavy (non-hydrogen) atoms. The van der Waals surface area contributed by atoms with Crippen molar-refractivity contribution in [2.45, 2.75) is 33.1 Å². The molecular formula is C31H35N5O2. The van der Waals surface area contributed by atoms with Gasteiger partial charge in [0.05, 0.1) is 5.69 Å². The molecule has 0 saturated heterocycles. The normalized spacial score (nSPS) is 11.2. The first-order valence-electron chi connectivity index (χ1n) is 12.6. The molecule has 196 valence electrons. The van der Waals surface area contributed by atoms with E-state index in [4.69, 9.17) is 0 Å². The minimum atomic E-state index is -0.232. The Hall–Kier alpha value is -4.39. The van der Waals surface area contributed by atoms with Crippen LogP contribution >= 0.6 is 0 Å². The quantitative estimate of drug-likeness (QED) is 0.328. The third-order valence-corrected chi connectivity index (χ3v) is 6.57. The predicted octanol–water partition coefficient (Wildman–Crippen LogP) is 6.12. The number of carbonyl (C=O) groups is 1. The van der Waals surface area contributed by atoms with E-state index in [1.807, 2.05) is 92.6 Å². The van der Waals surface area contributed by atoms with Gasteiger partial charge in [-0.2, -0.15) is 0 Å². The molecule has 1 heterocycles. The molecule has 0 atom stereocenters. The van der Waals surface area contributed by atoms with Gasteiger partial charge in [-0.3, -0.25) is 9.59 Å². The second kappa shape index (κ2) is 10.5. The number of aromatic nitrogens is 2. The summed E-state index contributed by atoms with van der Waals surface area (Å²) in [5.41, 5.74) is 6.34. The zero-order chi connectivity index (χ0) is 27.6. The van der Waals surface area contributed by atoms with Crippen LogP contribution in [0.4, 0.5) is 22.9 Å². The monoisotopic (exact) mass is 509 g/mol. The number of benzene rings is 3. The summed E-state index contributed by atoms with van der Waals surface area (Å²) < 4.78 is 1.52. The summed E-state index contributed by atoms with van der Waals surface area (Å²) in [5, 5.41) is 6.22. The Labute approximate surface area is 224 Å². The summed E-state index contributed by atoms with van der Waals surface area (Å²) in [7, 11) is 5.64. The molecule has 0 fully saturated rings. The zero-order valence-corrected chi connectivity index (χ0v) is 23.1. The van der Waals surface area contributed by atoms with Crippen LogP contribution in [0.3, 0.4) is 0 Å². The standard InChI is InChI=1S/C31H35N5O2/c1-20-25(12-9-13-26(20)34-29(37)21-14-16-22(17-15-21)31(2,3)4)27-19-36(7)30(38)28(33-27)32-23-10-8-11-24(18-23)35(5)6/h8-19H,1-7H3,(H,32,33)(H,34,37). The number of aryl methyl sites for hydroxylation is 1. The predicted molar refractivity (Wildman–Crippen MR) is 157 cm³/mol. The number of carbonyl (C=O) groups excluding carboxylic acids is 1. The Morgan fingerprint density at radius 2 is 1.66 bits per heavy atom. The van der Waals surface area contributed by atoms with Crippen molar-refractivity contribution in [2.24, 2.45) is 7.05 Å². The Kier molecular flexibility index (Phi) is 7.39. The van der Waals surface area contributed by atoms with E-state index in [1.165, 1.54) is 10.1 Å². The highest BCUT2D eigenvalue weighted by Gasteiger charge is 2.16. The summed E-state index contributed by atoms with van der Waals surface area (Å²) in [4.78, 5) is 32.6. The molecular weight excluding hydrogens is 474 g/mol. The van der Waals surface area contributed by atoms with Crippen molar-refractivity contribution >= 4 is 28.8 Å². The van der Waals surface area contributed by atoms with Crippen LogP contribution in [0.15, 0.2) is 77.7 Å². The van der Waals surface area contributed by atoms with E-state index >= 15 is 0 Å². The third kappa shape index (κ3) is 5.78. The number of amides is 1. The highest BCUT2D eigenvalue weighted by molar-refractivity contribution is 6.05. The molecule has 4 aromatic rings. The fraction of sp³-hybridized carbons (Fsp3) is 0.258. The number of hydrogen-bond donors (Lipinski definition) is 2. The molecule has 7 heteroatoms. The second-order valence-electron chi connectivity index (χ2n) is 10.7. The van der Waals surface area contributed by atoms with Crippen LogP contribution in [-0.2, 0) is 12.5 Å². The number of nitrogens with zero attached hydrogens (tertiary/aromatic N) is 3. The van der Waals surface area contributed by atoms with Crippen LogP contribution < -0.4 is 21.1 Å². The van der Waals surface area contributed by atoms with E-state index in [1.54, 1.807) is 13.2 Å². The summed E-state index contributed by atoms with van der Waals surface area (Å²) in [6, 6.07) is 21.2. The molecule has 7 nitrogen and oxygen atoms in total. The van der Waals surface area contributed by atoms with E-state index in [0.29, 0.717) is 16.9 Å². The highest BCUT2D eigenvalue weighted by Crippen LogP contribution is 2.29. The maximum Gasteiger partial charge on any atom is 0.293 e. The summed E-state index contributed by atoms with van der Waals surface area (Å²) in [6.07, 6.45) is 1.71. The van der Waals surface area contributed by atoms with E-state index in [2.05, 4.69) is 36.4 Å². The van der Waals surface area contributed by atoms with E-state index in [-0.39, 0.29) is 22.7 Å². The molecule has 0 bridgehead atoms. The molecule has 1 aromatic heterocycles. The molecule has 0 saturated carbocycles. The van der Waals surface area contributed by atoms with Crippen molar-refractivity contribution in [1.29, 1.82) is 0 Å². The lowest BCUT2D eigenvalue weighted by molar-refractivity contribution is 0.102. The molecule has 0 unspecified atom stereocenters. The summed E-state index contributed by atoms with van der Waals surface area (Å²) >= 11 is 0. The van der Waals surface area contributed by atoms with Gasteiger partial charge in [-0.15, -0.1) is 0 Å². The van der Waals surface area contributed by atoms with E-state index in [0.717, 1.165) is 22.5 Å². The van der Waals surface area contributed by atoms with Crippen LogP contribution in [0.5, 0.6) is 0 Å². The topological polar surface area (TPSA) is 79.3 Å². The Morgan fingerprint density at radius 3 is 2.32 bits per heavy atom. The van der Waals surface area contributed by atoms with Crippen molar-refractivity contribution in [3.05, 3.63) is 100.0 Å². The molecule has 3 aromatic carbocycles. The summed E-state index contributed by atoms with van der Waals surface area (Å²) in [5.74, 6) is 0.0518. The van der Waals surface area contributed by atoms with Gasteiger partial charge < -0.3 is 20.1 Å². The van der Waals surface area contributed by atoms with Crippen molar-refractivity contribution < 1.29 is 4.79 Å². The van der Waals surface area contributed by atoms with Gasteiger partial charge in [0.15, 0.2) is 5.82 Å². The second-order valence-corrected chi connectivity index (χ2v) is 10.7. The van der Waals surface area contributed by atoms with Gasteiger partial charge in [0.1, 0.15) is 0 Å². The molecule has 0 aliphatic rings. The number of nitrogens with one attached hydrogen (secondary N) is 2. The Bertz CT molecular complexity index is 1530. The van der Waals surface area contributed by atoms with E-state index in [9.17, 15) is 9.59 Å². The van der Waals surface area contributed by atoms with Gasteiger partial charge in [-0.1, -0.05) is 51.1 Å². The average molecular weight is 510 g/mol. The van der Waals surface area contributed by atoms with Crippen LogP contribution in [0.1, 0.15) is 42.3 Å². The first kappa shape index (κ1) is 26.7. The number of rotatable bonds is 6. The van der Waals surface area contributed by atoms with Gasteiger partial charge in [0.25, 0.3) is 11.5 Å². The molecule has 2 N–H and O–H groups in total. The van der Waals surface area contributed by atoms with Gasteiger partial charge in [0.2, 0.25) is 0 Å². The van der Waals surface area contributed by atoms with Crippen LogP contribution in [0, 0.1) is 6.92 Å². The first-order valence-corrected chi connectivity index (χ1v) is 12.6. The Morgan fingerprint density at radius 1 is 0.974 bits per heavy atom. The van der Waals surface area contributed by atoms with Gasteiger partial charge in [-0.25, -0.2) is 4.98 Å². The molecule has 4 rings (SSSR count). The molecule has 0 radical (unpaired) electrons. The molecule has 1 amide bonds. The van der Waals surface area contributed by atoms with Gasteiger partial charge >= 0.3 is 0 Å². The largest absolute Gasteiger partial charge is 0.378 e. The lowest BCUT2D eigenvalue weighted by Crippen LogP contribution is -2.21. The summed E-state index contributed by atoms with van der Waals surface area (Å²) in [6.45, 7) is 8.37. The minimum absolute atomic E-state index is 0.0194. The lowest BCUT2D eigenvalue weighted by atomic mass is 9.86. The van der Waals surface area contributed by atoms with Crippen molar-refractivity contribution in [2.75, 3.05) is 29.6 Å². The molecule has 0 aliphatic carbocycles. The van der Waals surface area contributed by atoms with Crippen LogP contribution in [0.25, 0.3) is 11.3 Å². The maximum atomic E-state index is 13.0. The van der Waals surface area contributed by atoms with Crippen molar-refractivity contribution in [3.8, 4) is 11.3 Å². The number of hydrogen-bond acceptors (Lipinski definition) is 5. The van der Waals surface area contributed by atoms with E-state index < -0.39 is 0 Å². The lowest BCUT2D eigenvalue weighted by Gasteiger charge is -2.19.